The van der Waals surface area contributed by atoms with Crippen LogP contribution < -0.4 is 4.90 Å². The van der Waals surface area contributed by atoms with Crippen LogP contribution in [0, 0.1) is 5.82 Å². The molecule has 0 atom stereocenters. The van der Waals surface area contributed by atoms with Gasteiger partial charge in [0.05, 0.1) is 5.69 Å². The van der Waals surface area contributed by atoms with E-state index < -0.39 is 0 Å². The first-order valence-corrected chi connectivity index (χ1v) is 10.3. The lowest BCUT2D eigenvalue weighted by Gasteiger charge is -2.36. The molecule has 0 saturated carbocycles. The van der Waals surface area contributed by atoms with Crippen LogP contribution in [0.4, 0.5) is 10.1 Å². The number of hydrogen-bond donors (Lipinski definition) is 0. The summed E-state index contributed by atoms with van der Waals surface area (Å²) in [5.74, 6) is 0.115. The number of piperazine rings is 1. The number of halogens is 1. The second-order valence-corrected chi connectivity index (χ2v) is 7.72. The summed E-state index contributed by atoms with van der Waals surface area (Å²) in [5, 5.41) is 0. The molecule has 1 saturated heterocycles. The molecule has 1 amide bonds. The van der Waals surface area contributed by atoms with Gasteiger partial charge in [-0.1, -0.05) is 36.4 Å². The zero-order valence-corrected chi connectivity index (χ0v) is 16.3. The summed E-state index contributed by atoms with van der Waals surface area (Å²) in [6.07, 6.45) is 2.45. The van der Waals surface area contributed by atoms with Crippen molar-refractivity contribution in [3.63, 3.8) is 0 Å². The van der Waals surface area contributed by atoms with Gasteiger partial charge in [-0.3, -0.25) is 9.69 Å². The first-order chi connectivity index (χ1) is 13.7. The number of hydrogen-bond acceptors (Lipinski definition) is 3. The van der Waals surface area contributed by atoms with Crippen LogP contribution >= 0.6 is 0 Å². The van der Waals surface area contributed by atoms with E-state index >= 15 is 0 Å². The fourth-order valence-corrected chi connectivity index (χ4v) is 4.24. The number of amides is 1. The second-order valence-electron chi connectivity index (χ2n) is 7.72. The van der Waals surface area contributed by atoms with Crippen LogP contribution in [-0.4, -0.2) is 55.0 Å². The quantitative estimate of drug-likeness (QED) is 0.795. The Kier molecular flexibility index (Phi) is 5.91. The van der Waals surface area contributed by atoms with Gasteiger partial charge in [0.2, 0.25) is 5.91 Å². The highest BCUT2D eigenvalue weighted by Crippen LogP contribution is 2.21. The summed E-state index contributed by atoms with van der Waals surface area (Å²) in [6.45, 7) is 6.00. The molecule has 0 bridgehead atoms. The number of carbonyl (C=O) groups is 1. The zero-order valence-electron chi connectivity index (χ0n) is 16.3. The topological polar surface area (TPSA) is 26.8 Å². The van der Waals surface area contributed by atoms with Gasteiger partial charge in [-0.05, 0) is 42.6 Å². The summed E-state index contributed by atoms with van der Waals surface area (Å²) < 4.78 is 13.9. The molecule has 4 nitrogen and oxygen atoms in total. The maximum Gasteiger partial charge on any atom is 0.222 e. The smallest absolute Gasteiger partial charge is 0.222 e. The third-order valence-corrected chi connectivity index (χ3v) is 5.91. The normalized spacial score (nSPS) is 17.5. The molecule has 0 aromatic heterocycles. The Morgan fingerprint density at radius 1 is 0.893 bits per heavy atom. The minimum atomic E-state index is -0.148. The van der Waals surface area contributed by atoms with E-state index in [9.17, 15) is 9.18 Å². The van der Waals surface area contributed by atoms with Crippen molar-refractivity contribution in [2.24, 2.45) is 0 Å². The lowest BCUT2D eigenvalue weighted by Crippen LogP contribution is -2.47. The Bertz CT molecular complexity index is 817. The van der Waals surface area contributed by atoms with Crippen molar-refractivity contribution in [3.8, 4) is 0 Å². The van der Waals surface area contributed by atoms with E-state index in [4.69, 9.17) is 0 Å². The van der Waals surface area contributed by atoms with Crippen molar-refractivity contribution in [1.29, 1.82) is 0 Å². The summed E-state index contributed by atoms with van der Waals surface area (Å²) in [7, 11) is 0. The van der Waals surface area contributed by atoms with Crippen molar-refractivity contribution in [1.82, 2.24) is 9.80 Å². The number of nitrogens with zero attached hydrogens (tertiary/aromatic N) is 3. The molecule has 0 aliphatic carbocycles. The van der Waals surface area contributed by atoms with E-state index in [2.05, 4.69) is 28.0 Å². The number of fused-ring (bicyclic) bond motifs is 1. The highest BCUT2D eigenvalue weighted by molar-refractivity contribution is 5.76. The molecule has 2 aromatic carbocycles. The molecule has 2 heterocycles. The monoisotopic (exact) mass is 381 g/mol. The van der Waals surface area contributed by atoms with E-state index in [1.54, 1.807) is 6.07 Å². The van der Waals surface area contributed by atoms with E-state index in [-0.39, 0.29) is 11.7 Å². The third-order valence-electron chi connectivity index (χ3n) is 5.91. The second kappa shape index (κ2) is 8.74. The van der Waals surface area contributed by atoms with E-state index in [0.717, 1.165) is 58.7 Å². The molecule has 148 valence electrons. The van der Waals surface area contributed by atoms with Crippen LogP contribution in [-0.2, 0) is 17.8 Å². The third kappa shape index (κ3) is 4.36. The number of rotatable bonds is 5. The molecular weight excluding hydrogens is 353 g/mol. The molecule has 0 radical (unpaired) electrons. The molecule has 28 heavy (non-hydrogen) atoms. The Labute approximate surface area is 166 Å². The predicted molar refractivity (Wildman–Crippen MR) is 110 cm³/mol. The lowest BCUT2D eigenvalue weighted by molar-refractivity contribution is -0.132. The van der Waals surface area contributed by atoms with Gasteiger partial charge in [-0.15, -0.1) is 0 Å². The van der Waals surface area contributed by atoms with Gasteiger partial charge >= 0.3 is 0 Å². The van der Waals surface area contributed by atoms with Crippen LogP contribution in [0.5, 0.6) is 0 Å². The van der Waals surface area contributed by atoms with Crippen molar-refractivity contribution in [2.75, 3.05) is 44.2 Å². The van der Waals surface area contributed by atoms with Crippen molar-refractivity contribution in [3.05, 3.63) is 65.5 Å². The first-order valence-electron chi connectivity index (χ1n) is 10.3. The minimum absolute atomic E-state index is 0.148. The Morgan fingerprint density at radius 2 is 1.61 bits per heavy atom. The van der Waals surface area contributed by atoms with E-state index in [1.807, 2.05) is 23.1 Å². The Hall–Kier alpha value is -2.40. The molecule has 1 fully saturated rings. The fourth-order valence-electron chi connectivity index (χ4n) is 4.24. The van der Waals surface area contributed by atoms with Crippen LogP contribution in [0.15, 0.2) is 48.5 Å². The first kappa shape index (κ1) is 18.9. The zero-order chi connectivity index (χ0) is 19.3. The Balaban J connectivity index is 1.19. The summed E-state index contributed by atoms with van der Waals surface area (Å²) in [6, 6.07) is 15.4. The van der Waals surface area contributed by atoms with E-state index in [1.165, 1.54) is 17.2 Å². The Morgan fingerprint density at radius 3 is 2.39 bits per heavy atom. The van der Waals surface area contributed by atoms with Crippen LogP contribution in [0.1, 0.15) is 24.0 Å². The predicted octanol–water partition coefficient (Wildman–Crippen LogP) is 3.31. The number of benzene rings is 2. The molecule has 0 N–H and O–H groups in total. The van der Waals surface area contributed by atoms with Crippen LogP contribution in [0.3, 0.4) is 0 Å². The van der Waals surface area contributed by atoms with Gasteiger partial charge in [0.15, 0.2) is 0 Å². The number of carbonyl (C=O) groups excluding carboxylic acids is 1. The molecule has 5 heteroatoms. The van der Waals surface area contributed by atoms with Crippen LogP contribution in [0.2, 0.25) is 0 Å². The summed E-state index contributed by atoms with van der Waals surface area (Å²) in [4.78, 5) is 19.1. The molecule has 2 aliphatic heterocycles. The lowest BCUT2D eigenvalue weighted by atomic mass is 9.99. The van der Waals surface area contributed by atoms with Crippen LogP contribution in [0.25, 0.3) is 0 Å². The standard InChI is InChI=1S/C23H28FN3O/c24-21-8-3-4-9-22(21)26-16-14-25(15-17-26)12-5-10-23(28)27-13-11-19-6-1-2-7-20(19)18-27/h1-4,6-9H,5,10-18H2. The van der Waals surface area contributed by atoms with Crippen molar-refractivity contribution < 1.29 is 9.18 Å². The maximum atomic E-state index is 13.9. The molecule has 2 aliphatic rings. The molecule has 0 unspecified atom stereocenters. The van der Waals surface area contributed by atoms with Gasteiger partial charge in [-0.25, -0.2) is 4.39 Å². The van der Waals surface area contributed by atoms with Gasteiger partial charge in [-0.2, -0.15) is 0 Å². The maximum absolute atomic E-state index is 13.9. The molecular formula is C23H28FN3O. The largest absolute Gasteiger partial charge is 0.367 e. The van der Waals surface area contributed by atoms with Gasteiger partial charge in [0.25, 0.3) is 0 Å². The average molecular weight is 381 g/mol. The molecule has 2 aromatic rings. The fraction of sp³-hybridized carbons (Fsp3) is 0.435. The van der Waals surface area contributed by atoms with Gasteiger partial charge in [0, 0.05) is 45.7 Å². The summed E-state index contributed by atoms with van der Waals surface area (Å²) in [5.41, 5.74) is 3.35. The van der Waals surface area contributed by atoms with Crippen molar-refractivity contribution in [2.45, 2.75) is 25.8 Å². The highest BCUT2D eigenvalue weighted by Gasteiger charge is 2.22. The molecule has 4 rings (SSSR count). The molecule has 0 spiro atoms. The highest BCUT2D eigenvalue weighted by atomic mass is 19.1. The number of anilines is 1. The van der Waals surface area contributed by atoms with Gasteiger partial charge < -0.3 is 9.80 Å². The minimum Gasteiger partial charge on any atom is -0.367 e. The van der Waals surface area contributed by atoms with Gasteiger partial charge in [0.1, 0.15) is 5.82 Å². The van der Waals surface area contributed by atoms with Crippen molar-refractivity contribution >= 4 is 11.6 Å². The number of para-hydroxylation sites is 1. The summed E-state index contributed by atoms with van der Waals surface area (Å²) >= 11 is 0. The SMILES string of the molecule is O=C(CCCN1CCN(c2ccccc2F)CC1)N1CCc2ccccc2C1. The average Bonchev–Trinajstić information content (AvgIpc) is 2.74. The van der Waals surface area contributed by atoms with E-state index in [0.29, 0.717) is 12.1 Å².